The van der Waals surface area contributed by atoms with Crippen molar-refractivity contribution in [1.82, 2.24) is 5.32 Å². The van der Waals surface area contributed by atoms with Crippen LogP contribution in [0.2, 0.25) is 5.02 Å². The molecule has 2 nitrogen and oxygen atoms in total. The van der Waals surface area contributed by atoms with E-state index in [1.54, 1.807) is 25.2 Å². The molecule has 2 rings (SSSR count). The van der Waals surface area contributed by atoms with Gasteiger partial charge < -0.3 is 10.1 Å². The molecule has 20 heavy (non-hydrogen) atoms. The monoisotopic (exact) mass is 297 g/mol. The molecule has 0 bridgehead atoms. The van der Waals surface area contributed by atoms with Crippen molar-refractivity contribution in [2.75, 3.05) is 7.05 Å². The molecule has 0 amide bonds. The predicted molar refractivity (Wildman–Crippen MR) is 74.9 cm³/mol. The molecule has 106 valence electrons. The van der Waals surface area contributed by atoms with Crippen molar-refractivity contribution < 1.29 is 13.5 Å². The largest absolute Gasteiger partial charge is 0.488 e. The molecule has 2 aromatic carbocycles. The Labute approximate surface area is 121 Å². The SMILES string of the molecule is CNCc1cc(Cl)ccc1OCc1cc(F)ccc1F. The minimum Gasteiger partial charge on any atom is -0.488 e. The number of rotatable bonds is 5. The highest BCUT2D eigenvalue weighted by molar-refractivity contribution is 6.30. The molecule has 5 heteroatoms. The Hall–Kier alpha value is -1.65. The van der Waals surface area contributed by atoms with Gasteiger partial charge in [0.25, 0.3) is 0 Å². The van der Waals surface area contributed by atoms with Gasteiger partial charge >= 0.3 is 0 Å². The Morgan fingerprint density at radius 1 is 1.10 bits per heavy atom. The van der Waals surface area contributed by atoms with Crippen molar-refractivity contribution in [2.24, 2.45) is 0 Å². The maximum Gasteiger partial charge on any atom is 0.130 e. The van der Waals surface area contributed by atoms with Crippen molar-refractivity contribution >= 4 is 11.6 Å². The molecule has 0 spiro atoms. The van der Waals surface area contributed by atoms with Gasteiger partial charge in [0, 0.05) is 22.7 Å². The Morgan fingerprint density at radius 3 is 2.65 bits per heavy atom. The number of hydrogen-bond donors (Lipinski definition) is 1. The van der Waals surface area contributed by atoms with Crippen LogP contribution in [-0.4, -0.2) is 7.05 Å². The predicted octanol–water partition coefficient (Wildman–Crippen LogP) is 3.92. The van der Waals surface area contributed by atoms with E-state index < -0.39 is 11.6 Å². The van der Waals surface area contributed by atoms with Gasteiger partial charge in [-0.25, -0.2) is 8.78 Å². The van der Waals surface area contributed by atoms with Crippen LogP contribution in [0.4, 0.5) is 8.78 Å². The zero-order chi connectivity index (χ0) is 14.5. The van der Waals surface area contributed by atoms with Gasteiger partial charge in [0.15, 0.2) is 0 Å². The third-order valence-corrected chi connectivity index (χ3v) is 3.02. The minimum absolute atomic E-state index is 0.0397. The molecule has 0 heterocycles. The third-order valence-electron chi connectivity index (χ3n) is 2.78. The van der Waals surface area contributed by atoms with Crippen LogP contribution in [0.1, 0.15) is 11.1 Å². The van der Waals surface area contributed by atoms with Crippen LogP contribution in [0.5, 0.6) is 5.75 Å². The maximum absolute atomic E-state index is 13.5. The highest BCUT2D eigenvalue weighted by Gasteiger charge is 2.08. The van der Waals surface area contributed by atoms with Gasteiger partial charge in [-0.1, -0.05) is 11.6 Å². The standard InChI is InChI=1S/C15H14ClF2NO/c1-19-8-10-6-12(16)2-5-15(10)20-9-11-7-13(17)3-4-14(11)18/h2-7,19H,8-9H2,1H3. The normalized spacial score (nSPS) is 10.6. The Kier molecular flexibility index (Phi) is 4.93. The summed E-state index contributed by atoms with van der Waals surface area (Å²) in [4.78, 5) is 0. The summed E-state index contributed by atoms with van der Waals surface area (Å²) in [6.07, 6.45) is 0. The third kappa shape index (κ3) is 3.68. The Morgan fingerprint density at radius 2 is 1.90 bits per heavy atom. The lowest BCUT2D eigenvalue weighted by atomic mass is 10.2. The van der Waals surface area contributed by atoms with Crippen LogP contribution in [0.15, 0.2) is 36.4 Å². The van der Waals surface area contributed by atoms with E-state index in [4.69, 9.17) is 16.3 Å². The summed E-state index contributed by atoms with van der Waals surface area (Å²) < 4.78 is 32.1. The van der Waals surface area contributed by atoms with Crippen LogP contribution < -0.4 is 10.1 Å². The topological polar surface area (TPSA) is 21.3 Å². The highest BCUT2D eigenvalue weighted by atomic mass is 35.5. The Bertz CT molecular complexity index is 604. The van der Waals surface area contributed by atoms with E-state index >= 15 is 0 Å². The zero-order valence-corrected chi connectivity index (χ0v) is 11.7. The highest BCUT2D eigenvalue weighted by Crippen LogP contribution is 2.24. The molecule has 0 unspecified atom stereocenters. The molecular formula is C15H14ClF2NO. The second-order valence-corrected chi connectivity index (χ2v) is 4.74. The fourth-order valence-corrected chi connectivity index (χ4v) is 2.02. The second-order valence-electron chi connectivity index (χ2n) is 4.31. The van der Waals surface area contributed by atoms with E-state index in [9.17, 15) is 8.78 Å². The molecule has 0 saturated heterocycles. The summed E-state index contributed by atoms with van der Waals surface area (Å²) >= 11 is 5.92. The number of nitrogens with one attached hydrogen (secondary N) is 1. The number of halogens is 3. The molecule has 2 aromatic rings. The van der Waals surface area contributed by atoms with Crippen LogP contribution in [0.3, 0.4) is 0 Å². The molecule has 1 N–H and O–H groups in total. The maximum atomic E-state index is 13.5. The summed E-state index contributed by atoms with van der Waals surface area (Å²) in [5.74, 6) is -0.389. The number of ether oxygens (including phenoxy) is 1. The lowest BCUT2D eigenvalue weighted by molar-refractivity contribution is 0.295. The summed E-state index contributed by atoms with van der Waals surface area (Å²) in [5, 5.41) is 3.59. The lowest BCUT2D eigenvalue weighted by Gasteiger charge is -2.12. The molecular weight excluding hydrogens is 284 g/mol. The van der Waals surface area contributed by atoms with Gasteiger partial charge in [-0.2, -0.15) is 0 Å². The number of benzene rings is 2. The van der Waals surface area contributed by atoms with E-state index in [2.05, 4.69) is 5.32 Å². The average molecular weight is 298 g/mol. The van der Waals surface area contributed by atoms with Gasteiger partial charge in [0.2, 0.25) is 0 Å². The van der Waals surface area contributed by atoms with Gasteiger partial charge in [0.1, 0.15) is 24.0 Å². The fourth-order valence-electron chi connectivity index (χ4n) is 1.83. The quantitative estimate of drug-likeness (QED) is 0.903. The van der Waals surface area contributed by atoms with E-state index in [1.807, 2.05) is 0 Å². The van der Waals surface area contributed by atoms with Crippen LogP contribution in [0.25, 0.3) is 0 Å². The summed E-state index contributed by atoms with van der Waals surface area (Å²) in [6.45, 7) is 0.531. The van der Waals surface area contributed by atoms with Gasteiger partial charge in [-0.3, -0.25) is 0 Å². The van der Waals surface area contributed by atoms with Crippen LogP contribution in [0, 0.1) is 11.6 Å². The summed E-state index contributed by atoms with van der Waals surface area (Å²) in [5.41, 5.74) is 1.03. The first kappa shape index (κ1) is 14.8. The molecule has 0 aliphatic heterocycles. The van der Waals surface area contributed by atoms with E-state index in [0.29, 0.717) is 17.3 Å². The average Bonchev–Trinajstić information content (AvgIpc) is 2.42. The molecule has 0 fully saturated rings. The minimum atomic E-state index is -0.490. The van der Waals surface area contributed by atoms with Crippen molar-refractivity contribution in [3.8, 4) is 5.75 Å². The molecule has 0 radical (unpaired) electrons. The molecule has 0 aliphatic carbocycles. The second kappa shape index (κ2) is 6.68. The zero-order valence-electron chi connectivity index (χ0n) is 10.9. The van der Waals surface area contributed by atoms with Gasteiger partial charge in [-0.15, -0.1) is 0 Å². The molecule has 0 aromatic heterocycles. The van der Waals surface area contributed by atoms with Gasteiger partial charge in [0.05, 0.1) is 0 Å². The van der Waals surface area contributed by atoms with E-state index in [0.717, 1.165) is 23.8 Å². The van der Waals surface area contributed by atoms with Crippen LogP contribution >= 0.6 is 11.6 Å². The lowest BCUT2D eigenvalue weighted by Crippen LogP contribution is -2.08. The first-order chi connectivity index (χ1) is 9.60. The fraction of sp³-hybridized carbons (Fsp3) is 0.200. The van der Waals surface area contributed by atoms with Crippen molar-refractivity contribution in [1.29, 1.82) is 0 Å². The van der Waals surface area contributed by atoms with E-state index in [-0.39, 0.29) is 12.2 Å². The van der Waals surface area contributed by atoms with Gasteiger partial charge in [-0.05, 0) is 43.4 Å². The van der Waals surface area contributed by atoms with Crippen molar-refractivity contribution in [3.05, 3.63) is 64.2 Å². The van der Waals surface area contributed by atoms with E-state index in [1.165, 1.54) is 0 Å². The summed E-state index contributed by atoms with van der Waals surface area (Å²) in [6, 6.07) is 8.47. The first-order valence-electron chi connectivity index (χ1n) is 6.10. The van der Waals surface area contributed by atoms with Crippen molar-refractivity contribution in [2.45, 2.75) is 13.2 Å². The molecule has 0 saturated carbocycles. The van der Waals surface area contributed by atoms with Crippen molar-refractivity contribution in [3.63, 3.8) is 0 Å². The number of hydrogen-bond acceptors (Lipinski definition) is 2. The molecule has 0 atom stereocenters. The smallest absolute Gasteiger partial charge is 0.130 e. The molecule has 0 aliphatic rings. The van der Waals surface area contributed by atoms with Crippen LogP contribution in [-0.2, 0) is 13.2 Å². The summed E-state index contributed by atoms with van der Waals surface area (Å²) in [7, 11) is 1.80. The first-order valence-corrected chi connectivity index (χ1v) is 6.47. The Balaban J connectivity index is 2.16.